The molecule has 9 heteroatoms. The Hall–Kier alpha value is -3.98. The van der Waals surface area contributed by atoms with Crippen LogP contribution in [-0.4, -0.2) is 39.3 Å². The van der Waals surface area contributed by atoms with Crippen molar-refractivity contribution in [3.05, 3.63) is 77.1 Å². The van der Waals surface area contributed by atoms with Gasteiger partial charge in [0.1, 0.15) is 0 Å². The molecule has 0 aliphatic rings. The summed E-state index contributed by atoms with van der Waals surface area (Å²) in [5.74, 6) is -0.306. The van der Waals surface area contributed by atoms with Crippen molar-refractivity contribution in [1.82, 2.24) is 15.2 Å². The summed E-state index contributed by atoms with van der Waals surface area (Å²) in [6.07, 6.45) is 0. The van der Waals surface area contributed by atoms with Crippen LogP contribution < -0.4 is 15.8 Å². The van der Waals surface area contributed by atoms with E-state index < -0.39 is 5.56 Å². The molecule has 8 nitrogen and oxygen atoms in total. The number of fused-ring (bicyclic) bond motifs is 1. The van der Waals surface area contributed by atoms with Crippen molar-refractivity contribution in [1.29, 1.82) is 0 Å². The highest BCUT2D eigenvalue weighted by Crippen LogP contribution is 2.28. The molecular weight excluding hydrogens is 450 g/mol. The monoisotopic (exact) mass is 473 g/mol. The van der Waals surface area contributed by atoms with Gasteiger partial charge in [0.2, 0.25) is 11.8 Å². The third kappa shape index (κ3) is 4.99. The van der Waals surface area contributed by atoms with Gasteiger partial charge in [-0.05, 0) is 24.4 Å². The van der Waals surface area contributed by atoms with Crippen molar-refractivity contribution < 1.29 is 9.59 Å². The summed E-state index contributed by atoms with van der Waals surface area (Å²) in [6, 6.07) is 20.6. The van der Waals surface area contributed by atoms with Crippen LogP contribution in [0.5, 0.6) is 0 Å². The van der Waals surface area contributed by atoms with E-state index in [9.17, 15) is 14.4 Å². The van der Waals surface area contributed by atoms with E-state index in [1.807, 2.05) is 49.4 Å². The first kappa shape index (κ1) is 23.2. The molecule has 172 valence electrons. The molecule has 2 amide bonds. The van der Waals surface area contributed by atoms with Crippen molar-refractivity contribution in [2.45, 2.75) is 19.0 Å². The van der Waals surface area contributed by atoms with Gasteiger partial charge >= 0.3 is 0 Å². The molecule has 0 unspecified atom stereocenters. The number of hydrogen-bond acceptors (Lipinski definition) is 6. The molecule has 0 atom stereocenters. The number of H-pyrrole nitrogens is 1. The summed E-state index contributed by atoms with van der Waals surface area (Å²) in [7, 11) is 0. The minimum Gasteiger partial charge on any atom is -0.325 e. The second-order valence-electron chi connectivity index (χ2n) is 7.45. The SMILES string of the molecule is CCN(C(C)=O)c1ccccc1-c1nnc(SCC(=O)Nc2cccc3ccccc23)[nH]c1=O. The first-order valence-corrected chi connectivity index (χ1v) is 11.7. The number of thioether (sulfide) groups is 1. The number of nitrogens with one attached hydrogen (secondary N) is 2. The number of hydrogen-bond donors (Lipinski definition) is 2. The predicted molar refractivity (Wildman–Crippen MR) is 135 cm³/mol. The molecule has 0 saturated heterocycles. The van der Waals surface area contributed by atoms with Crippen LogP contribution >= 0.6 is 11.8 Å². The van der Waals surface area contributed by atoms with E-state index in [0.29, 0.717) is 17.8 Å². The molecule has 0 bridgehead atoms. The largest absolute Gasteiger partial charge is 0.325 e. The Labute approximate surface area is 200 Å². The average Bonchev–Trinajstić information content (AvgIpc) is 2.84. The maximum atomic E-state index is 12.8. The van der Waals surface area contributed by atoms with Crippen LogP contribution in [-0.2, 0) is 9.59 Å². The number of carbonyl (C=O) groups is 2. The fourth-order valence-electron chi connectivity index (χ4n) is 3.69. The van der Waals surface area contributed by atoms with Gasteiger partial charge in [0.15, 0.2) is 10.9 Å². The first-order chi connectivity index (χ1) is 16.5. The molecule has 34 heavy (non-hydrogen) atoms. The third-order valence-corrected chi connectivity index (χ3v) is 6.09. The zero-order valence-electron chi connectivity index (χ0n) is 18.7. The lowest BCUT2D eigenvalue weighted by atomic mass is 10.1. The van der Waals surface area contributed by atoms with Crippen LogP contribution in [0.3, 0.4) is 0 Å². The molecule has 0 spiro atoms. The van der Waals surface area contributed by atoms with E-state index in [2.05, 4.69) is 20.5 Å². The van der Waals surface area contributed by atoms with Gasteiger partial charge in [-0.15, -0.1) is 10.2 Å². The van der Waals surface area contributed by atoms with E-state index in [1.165, 1.54) is 6.92 Å². The van der Waals surface area contributed by atoms with Crippen LogP contribution in [0, 0.1) is 0 Å². The summed E-state index contributed by atoms with van der Waals surface area (Å²) in [4.78, 5) is 41.6. The van der Waals surface area contributed by atoms with E-state index in [4.69, 9.17) is 0 Å². The number of rotatable bonds is 7. The minimum absolute atomic E-state index is 0.0533. The van der Waals surface area contributed by atoms with E-state index in [1.54, 1.807) is 29.2 Å². The molecule has 1 aromatic heterocycles. The van der Waals surface area contributed by atoms with E-state index in [-0.39, 0.29) is 28.4 Å². The molecule has 4 rings (SSSR count). The molecular formula is C25H23N5O3S. The molecule has 3 aromatic carbocycles. The summed E-state index contributed by atoms with van der Waals surface area (Å²) in [5.41, 5.74) is 1.49. The van der Waals surface area contributed by atoms with Gasteiger partial charge in [-0.3, -0.25) is 19.4 Å². The summed E-state index contributed by atoms with van der Waals surface area (Å²) in [6.45, 7) is 3.79. The lowest BCUT2D eigenvalue weighted by molar-refractivity contribution is -0.116. The van der Waals surface area contributed by atoms with Crippen LogP contribution in [0.15, 0.2) is 76.7 Å². The molecule has 2 N–H and O–H groups in total. The molecule has 0 fully saturated rings. The number of carbonyl (C=O) groups excluding carboxylic acids is 2. The fourth-order valence-corrected chi connectivity index (χ4v) is 4.29. The van der Waals surface area contributed by atoms with Gasteiger partial charge < -0.3 is 10.2 Å². The maximum absolute atomic E-state index is 12.8. The number of amides is 2. The second-order valence-corrected chi connectivity index (χ2v) is 8.42. The standard InChI is InChI=1S/C25H23N5O3S/c1-3-30(16(2)31)21-14-7-6-12-19(21)23-24(33)27-25(29-28-23)34-15-22(32)26-20-13-8-10-17-9-4-5-11-18(17)20/h4-14H,3,15H2,1-2H3,(H,26,32)(H,27,29,33). The lowest BCUT2D eigenvalue weighted by Crippen LogP contribution is -2.29. The highest BCUT2D eigenvalue weighted by Gasteiger charge is 2.18. The highest BCUT2D eigenvalue weighted by molar-refractivity contribution is 7.99. The number of benzene rings is 3. The first-order valence-electron chi connectivity index (χ1n) is 10.7. The van der Waals surface area contributed by atoms with Gasteiger partial charge in [-0.1, -0.05) is 66.4 Å². The Morgan fingerprint density at radius 1 is 1.00 bits per heavy atom. The number of nitrogens with zero attached hydrogens (tertiary/aromatic N) is 3. The third-order valence-electron chi connectivity index (χ3n) is 5.23. The zero-order valence-corrected chi connectivity index (χ0v) is 19.6. The van der Waals surface area contributed by atoms with Crippen molar-refractivity contribution in [3.8, 4) is 11.3 Å². The Bertz CT molecular complexity index is 1410. The predicted octanol–water partition coefficient (Wildman–Crippen LogP) is 4.09. The summed E-state index contributed by atoms with van der Waals surface area (Å²) in [5, 5.41) is 13.3. The fraction of sp³-hybridized carbons (Fsp3) is 0.160. The van der Waals surface area contributed by atoms with Crippen LogP contribution in [0.4, 0.5) is 11.4 Å². The molecule has 0 saturated carbocycles. The topological polar surface area (TPSA) is 108 Å². The van der Waals surface area contributed by atoms with Gasteiger partial charge in [0, 0.05) is 30.1 Å². The summed E-state index contributed by atoms with van der Waals surface area (Å²) < 4.78 is 0. The number of aromatic nitrogens is 3. The van der Waals surface area contributed by atoms with Gasteiger partial charge in [0.25, 0.3) is 5.56 Å². The normalized spacial score (nSPS) is 10.8. The number of aromatic amines is 1. The average molecular weight is 474 g/mol. The molecule has 4 aromatic rings. The molecule has 0 radical (unpaired) electrons. The van der Waals surface area contributed by atoms with Crippen LogP contribution in [0.25, 0.3) is 22.0 Å². The zero-order chi connectivity index (χ0) is 24.1. The molecule has 1 heterocycles. The number of anilines is 2. The maximum Gasteiger partial charge on any atom is 0.278 e. The molecule has 0 aliphatic heterocycles. The Morgan fingerprint density at radius 2 is 1.74 bits per heavy atom. The smallest absolute Gasteiger partial charge is 0.278 e. The Kier molecular flexibility index (Phi) is 7.03. The van der Waals surface area contributed by atoms with Crippen molar-refractivity contribution in [3.63, 3.8) is 0 Å². The quantitative estimate of drug-likeness (QED) is 0.392. The Balaban J connectivity index is 1.49. The second kappa shape index (κ2) is 10.3. The Morgan fingerprint density at radius 3 is 2.50 bits per heavy atom. The lowest BCUT2D eigenvalue weighted by Gasteiger charge is -2.21. The number of para-hydroxylation sites is 1. The van der Waals surface area contributed by atoms with Gasteiger partial charge in [-0.25, -0.2) is 0 Å². The summed E-state index contributed by atoms with van der Waals surface area (Å²) >= 11 is 1.09. The van der Waals surface area contributed by atoms with Crippen molar-refractivity contribution in [2.24, 2.45) is 0 Å². The van der Waals surface area contributed by atoms with Crippen molar-refractivity contribution in [2.75, 3.05) is 22.5 Å². The van der Waals surface area contributed by atoms with Crippen LogP contribution in [0.2, 0.25) is 0 Å². The molecule has 0 aliphatic carbocycles. The van der Waals surface area contributed by atoms with E-state index in [0.717, 1.165) is 28.2 Å². The van der Waals surface area contributed by atoms with Gasteiger partial charge in [-0.2, -0.15) is 0 Å². The minimum atomic E-state index is -0.445. The van der Waals surface area contributed by atoms with Crippen molar-refractivity contribution >= 4 is 45.7 Å². The van der Waals surface area contributed by atoms with Crippen LogP contribution in [0.1, 0.15) is 13.8 Å². The van der Waals surface area contributed by atoms with Gasteiger partial charge in [0.05, 0.1) is 11.4 Å². The highest BCUT2D eigenvalue weighted by atomic mass is 32.2. The van der Waals surface area contributed by atoms with E-state index >= 15 is 0 Å².